The summed E-state index contributed by atoms with van der Waals surface area (Å²) in [5.74, 6) is -1.66. The summed E-state index contributed by atoms with van der Waals surface area (Å²) >= 11 is 0. The Morgan fingerprint density at radius 2 is 2.31 bits per heavy atom. The molecule has 0 aromatic carbocycles. The van der Waals surface area contributed by atoms with Gasteiger partial charge in [0.1, 0.15) is 5.82 Å². The molecule has 0 bridgehead atoms. The Morgan fingerprint density at radius 3 is 2.81 bits per heavy atom. The molecule has 6 nitrogen and oxygen atoms in total. The van der Waals surface area contributed by atoms with Crippen molar-refractivity contribution in [3.05, 3.63) is 17.4 Å². The van der Waals surface area contributed by atoms with Crippen molar-refractivity contribution in [2.45, 2.75) is 13.0 Å². The van der Waals surface area contributed by atoms with E-state index >= 15 is 0 Å². The highest BCUT2D eigenvalue weighted by Gasteiger charge is 2.13. The van der Waals surface area contributed by atoms with Gasteiger partial charge < -0.3 is 22.5 Å². The zero-order chi connectivity index (χ0) is 12.3. The molecule has 0 aliphatic heterocycles. The second-order valence-corrected chi connectivity index (χ2v) is 3.47. The first-order valence-corrected chi connectivity index (χ1v) is 4.67. The number of aromatic nitrogens is 1. The standard InChI is InChI=1S/C9H14FN5O/c1-4(11)3-14-9-6(10)2-5(8(13)16)7(12)15-9/h2,4H,3,11H2,1H3,(H2,13,16)(H3,12,14,15)/t4-/m0/s1. The summed E-state index contributed by atoms with van der Waals surface area (Å²) in [6.45, 7) is 2.10. The molecule has 0 fully saturated rings. The Labute approximate surface area is 92.0 Å². The van der Waals surface area contributed by atoms with Crippen molar-refractivity contribution >= 4 is 17.5 Å². The molecule has 16 heavy (non-hydrogen) atoms. The Morgan fingerprint density at radius 1 is 1.69 bits per heavy atom. The van der Waals surface area contributed by atoms with E-state index < -0.39 is 11.7 Å². The molecular weight excluding hydrogens is 213 g/mol. The Hall–Kier alpha value is -1.89. The van der Waals surface area contributed by atoms with Gasteiger partial charge in [0, 0.05) is 12.6 Å². The number of pyridine rings is 1. The lowest BCUT2D eigenvalue weighted by Gasteiger charge is -2.10. The van der Waals surface area contributed by atoms with Crippen LogP contribution < -0.4 is 22.5 Å². The number of amides is 1. The fourth-order valence-corrected chi connectivity index (χ4v) is 1.08. The van der Waals surface area contributed by atoms with Gasteiger partial charge in [-0.2, -0.15) is 0 Å². The van der Waals surface area contributed by atoms with E-state index in [1.165, 1.54) is 0 Å². The number of primary amides is 1. The van der Waals surface area contributed by atoms with Crippen LogP contribution in [0.25, 0.3) is 0 Å². The molecule has 1 aromatic heterocycles. The van der Waals surface area contributed by atoms with E-state index in [1.807, 2.05) is 0 Å². The molecule has 0 aliphatic carbocycles. The molecular formula is C9H14FN5O. The maximum Gasteiger partial charge on any atom is 0.252 e. The van der Waals surface area contributed by atoms with E-state index in [-0.39, 0.29) is 23.2 Å². The Kier molecular flexibility index (Phi) is 3.62. The van der Waals surface area contributed by atoms with Gasteiger partial charge in [0.25, 0.3) is 5.91 Å². The molecule has 0 radical (unpaired) electrons. The van der Waals surface area contributed by atoms with Crippen LogP contribution >= 0.6 is 0 Å². The summed E-state index contributed by atoms with van der Waals surface area (Å²) in [6, 6.07) is 0.798. The van der Waals surface area contributed by atoms with Crippen molar-refractivity contribution in [3.63, 3.8) is 0 Å². The van der Waals surface area contributed by atoms with Crippen molar-refractivity contribution in [1.29, 1.82) is 0 Å². The SMILES string of the molecule is C[C@H](N)CNc1nc(N)c(C(N)=O)cc1F. The predicted octanol–water partition coefficient (Wildman–Crippen LogP) is -0.339. The molecule has 0 aliphatic rings. The lowest BCUT2D eigenvalue weighted by atomic mass is 10.2. The molecule has 1 rings (SSSR count). The van der Waals surface area contributed by atoms with E-state index in [4.69, 9.17) is 17.2 Å². The minimum absolute atomic E-state index is 0.0419. The average molecular weight is 227 g/mol. The fraction of sp³-hybridized carbons (Fsp3) is 0.333. The van der Waals surface area contributed by atoms with Crippen molar-refractivity contribution in [1.82, 2.24) is 4.98 Å². The van der Waals surface area contributed by atoms with E-state index in [2.05, 4.69) is 10.3 Å². The lowest BCUT2D eigenvalue weighted by molar-refractivity contribution is 0.100. The van der Waals surface area contributed by atoms with Gasteiger partial charge in [-0.15, -0.1) is 0 Å². The summed E-state index contributed by atoms with van der Waals surface area (Å²) in [7, 11) is 0. The third-order valence-corrected chi connectivity index (χ3v) is 1.86. The number of carbonyl (C=O) groups is 1. The Balaban J connectivity index is 2.96. The van der Waals surface area contributed by atoms with Gasteiger partial charge in [-0.05, 0) is 13.0 Å². The van der Waals surface area contributed by atoms with Crippen LogP contribution in [-0.4, -0.2) is 23.5 Å². The smallest absolute Gasteiger partial charge is 0.252 e. The van der Waals surface area contributed by atoms with E-state index in [0.717, 1.165) is 6.07 Å². The van der Waals surface area contributed by atoms with Gasteiger partial charge in [-0.1, -0.05) is 0 Å². The maximum atomic E-state index is 13.4. The number of hydrogen-bond donors (Lipinski definition) is 4. The monoisotopic (exact) mass is 227 g/mol. The number of nitrogens with two attached hydrogens (primary N) is 3. The third kappa shape index (κ3) is 2.80. The van der Waals surface area contributed by atoms with Crippen LogP contribution in [0, 0.1) is 5.82 Å². The highest BCUT2D eigenvalue weighted by atomic mass is 19.1. The first-order chi connectivity index (χ1) is 7.41. The zero-order valence-corrected chi connectivity index (χ0v) is 8.83. The Bertz CT molecular complexity index is 407. The minimum Gasteiger partial charge on any atom is -0.383 e. The lowest BCUT2D eigenvalue weighted by Crippen LogP contribution is -2.26. The molecule has 0 unspecified atom stereocenters. The van der Waals surface area contributed by atoms with Crippen molar-refractivity contribution in [2.24, 2.45) is 11.5 Å². The summed E-state index contributed by atoms with van der Waals surface area (Å²) in [4.78, 5) is 14.5. The normalized spacial score (nSPS) is 12.2. The highest BCUT2D eigenvalue weighted by Crippen LogP contribution is 2.17. The number of nitrogens with zero attached hydrogens (tertiary/aromatic N) is 1. The number of halogens is 1. The quantitative estimate of drug-likeness (QED) is 0.561. The van der Waals surface area contributed by atoms with Gasteiger partial charge in [-0.25, -0.2) is 9.37 Å². The summed E-state index contributed by atoms with van der Waals surface area (Å²) < 4.78 is 13.4. The average Bonchev–Trinajstić information content (AvgIpc) is 2.18. The van der Waals surface area contributed by atoms with Gasteiger partial charge in [0.2, 0.25) is 0 Å². The number of hydrogen-bond acceptors (Lipinski definition) is 5. The molecule has 1 amide bonds. The zero-order valence-electron chi connectivity index (χ0n) is 8.83. The molecule has 0 spiro atoms. The third-order valence-electron chi connectivity index (χ3n) is 1.86. The molecule has 0 saturated carbocycles. The van der Waals surface area contributed by atoms with Crippen LogP contribution in [0.1, 0.15) is 17.3 Å². The second kappa shape index (κ2) is 4.75. The van der Waals surface area contributed by atoms with Crippen LogP contribution in [0.3, 0.4) is 0 Å². The minimum atomic E-state index is -0.817. The van der Waals surface area contributed by atoms with E-state index in [1.54, 1.807) is 6.92 Å². The predicted molar refractivity (Wildman–Crippen MR) is 59.3 cm³/mol. The molecule has 7 N–H and O–H groups in total. The van der Waals surface area contributed by atoms with E-state index in [0.29, 0.717) is 6.54 Å². The summed E-state index contributed by atoms with van der Waals surface area (Å²) in [5, 5.41) is 2.68. The van der Waals surface area contributed by atoms with Crippen molar-refractivity contribution in [3.8, 4) is 0 Å². The number of carbonyl (C=O) groups excluding carboxylic acids is 1. The molecule has 1 heterocycles. The van der Waals surface area contributed by atoms with Gasteiger partial charge in [0.05, 0.1) is 5.56 Å². The fourth-order valence-electron chi connectivity index (χ4n) is 1.08. The number of nitrogens with one attached hydrogen (secondary N) is 1. The number of rotatable bonds is 4. The molecule has 7 heteroatoms. The van der Waals surface area contributed by atoms with Crippen LogP contribution in [-0.2, 0) is 0 Å². The molecule has 88 valence electrons. The largest absolute Gasteiger partial charge is 0.383 e. The highest BCUT2D eigenvalue weighted by molar-refractivity contribution is 5.97. The van der Waals surface area contributed by atoms with Gasteiger partial charge in [0.15, 0.2) is 11.6 Å². The summed E-state index contributed by atoms with van der Waals surface area (Å²) in [5.41, 5.74) is 15.8. The van der Waals surface area contributed by atoms with Crippen LogP contribution in [0.4, 0.5) is 16.0 Å². The molecule has 1 atom stereocenters. The molecule has 0 saturated heterocycles. The topological polar surface area (TPSA) is 120 Å². The first-order valence-electron chi connectivity index (χ1n) is 4.67. The van der Waals surface area contributed by atoms with Gasteiger partial charge >= 0.3 is 0 Å². The van der Waals surface area contributed by atoms with Crippen molar-refractivity contribution < 1.29 is 9.18 Å². The number of nitrogen functional groups attached to an aromatic ring is 1. The van der Waals surface area contributed by atoms with Crippen LogP contribution in [0.5, 0.6) is 0 Å². The summed E-state index contributed by atoms with van der Waals surface area (Å²) in [6.07, 6.45) is 0. The second-order valence-electron chi connectivity index (χ2n) is 3.47. The maximum absolute atomic E-state index is 13.4. The van der Waals surface area contributed by atoms with Crippen LogP contribution in [0.2, 0.25) is 0 Å². The van der Waals surface area contributed by atoms with Gasteiger partial charge in [-0.3, -0.25) is 4.79 Å². The number of anilines is 2. The molecule has 1 aromatic rings. The van der Waals surface area contributed by atoms with Crippen LogP contribution in [0.15, 0.2) is 6.07 Å². The van der Waals surface area contributed by atoms with E-state index in [9.17, 15) is 9.18 Å². The first kappa shape index (κ1) is 12.2. The van der Waals surface area contributed by atoms with Crippen molar-refractivity contribution in [2.75, 3.05) is 17.6 Å².